The summed E-state index contributed by atoms with van der Waals surface area (Å²) in [4.78, 5) is 6.25. The molecule has 0 bridgehead atoms. The molecule has 148 valence electrons. The summed E-state index contributed by atoms with van der Waals surface area (Å²) in [6.07, 6.45) is 2.09. The number of hydrogen-bond donors (Lipinski definition) is 2. The Labute approximate surface area is 177 Å². The summed E-state index contributed by atoms with van der Waals surface area (Å²) < 4.78 is 19.9. The minimum absolute atomic E-state index is 0. The van der Waals surface area contributed by atoms with Gasteiger partial charge in [-0.2, -0.15) is 11.8 Å². The van der Waals surface area contributed by atoms with Gasteiger partial charge in [-0.05, 0) is 37.8 Å². The highest BCUT2D eigenvalue weighted by Gasteiger charge is 2.17. The zero-order valence-electron chi connectivity index (χ0n) is 16.0. The number of rotatable bonds is 6. The second-order valence-corrected chi connectivity index (χ2v) is 8.14. The molecule has 0 radical (unpaired) electrons. The SMILES string of the molecule is CN=C(NCc1ccc(N2CCOCC2)c(F)c1)NCC(C)(C)SC.I. The van der Waals surface area contributed by atoms with Crippen molar-refractivity contribution in [3.05, 3.63) is 29.6 Å². The van der Waals surface area contributed by atoms with E-state index in [9.17, 15) is 4.39 Å². The molecule has 5 nitrogen and oxygen atoms in total. The topological polar surface area (TPSA) is 48.9 Å². The van der Waals surface area contributed by atoms with Gasteiger partial charge in [-0.15, -0.1) is 24.0 Å². The second-order valence-electron chi connectivity index (χ2n) is 6.63. The van der Waals surface area contributed by atoms with E-state index in [0.717, 1.165) is 31.2 Å². The van der Waals surface area contributed by atoms with Crippen LogP contribution >= 0.6 is 35.7 Å². The summed E-state index contributed by atoms with van der Waals surface area (Å²) >= 11 is 1.80. The van der Waals surface area contributed by atoms with Gasteiger partial charge in [0.2, 0.25) is 0 Å². The lowest BCUT2D eigenvalue weighted by Crippen LogP contribution is -2.43. The van der Waals surface area contributed by atoms with E-state index in [4.69, 9.17) is 4.74 Å². The first-order chi connectivity index (χ1) is 11.9. The minimum Gasteiger partial charge on any atom is -0.378 e. The van der Waals surface area contributed by atoms with E-state index in [1.165, 1.54) is 0 Å². The van der Waals surface area contributed by atoms with Gasteiger partial charge >= 0.3 is 0 Å². The maximum absolute atomic E-state index is 14.4. The molecule has 0 unspecified atom stereocenters. The van der Waals surface area contributed by atoms with Crippen LogP contribution in [0.1, 0.15) is 19.4 Å². The van der Waals surface area contributed by atoms with Crippen LogP contribution in [0.5, 0.6) is 0 Å². The number of aliphatic imine (C=N–C) groups is 1. The average molecular weight is 496 g/mol. The third-order valence-electron chi connectivity index (χ3n) is 4.28. The van der Waals surface area contributed by atoms with Crippen molar-refractivity contribution >= 4 is 47.4 Å². The van der Waals surface area contributed by atoms with Crippen molar-refractivity contribution in [2.75, 3.05) is 51.1 Å². The number of anilines is 1. The molecule has 0 spiro atoms. The maximum Gasteiger partial charge on any atom is 0.191 e. The highest BCUT2D eigenvalue weighted by molar-refractivity contribution is 14.0. The van der Waals surface area contributed by atoms with E-state index in [2.05, 4.69) is 35.7 Å². The Kier molecular flexibility index (Phi) is 10.0. The molecule has 1 heterocycles. The molecular formula is C18H30FIN4OS. The van der Waals surface area contributed by atoms with Crippen LogP contribution in [-0.2, 0) is 11.3 Å². The van der Waals surface area contributed by atoms with E-state index < -0.39 is 0 Å². The molecule has 2 N–H and O–H groups in total. The molecule has 1 aromatic rings. The van der Waals surface area contributed by atoms with Crippen LogP contribution in [0, 0.1) is 5.82 Å². The number of halogens is 2. The molecule has 0 saturated carbocycles. The number of thioether (sulfide) groups is 1. The van der Waals surface area contributed by atoms with E-state index >= 15 is 0 Å². The normalized spacial score (nSPS) is 15.4. The quantitative estimate of drug-likeness (QED) is 0.360. The summed E-state index contributed by atoms with van der Waals surface area (Å²) in [6.45, 7) is 8.45. The number of hydrogen-bond acceptors (Lipinski definition) is 4. The number of guanidine groups is 1. The molecule has 0 aliphatic carbocycles. The first kappa shape index (κ1) is 23.3. The van der Waals surface area contributed by atoms with Crippen LogP contribution in [0.15, 0.2) is 23.2 Å². The number of benzene rings is 1. The highest BCUT2D eigenvalue weighted by Crippen LogP contribution is 2.22. The third kappa shape index (κ3) is 7.11. The summed E-state index contributed by atoms with van der Waals surface area (Å²) in [7, 11) is 1.74. The lowest BCUT2D eigenvalue weighted by molar-refractivity contribution is 0.122. The van der Waals surface area contributed by atoms with Crippen molar-refractivity contribution in [2.24, 2.45) is 4.99 Å². The first-order valence-electron chi connectivity index (χ1n) is 8.56. The minimum atomic E-state index is -0.187. The predicted octanol–water partition coefficient (Wildman–Crippen LogP) is 3.09. The van der Waals surface area contributed by atoms with Crippen LogP contribution in [0.3, 0.4) is 0 Å². The van der Waals surface area contributed by atoms with E-state index in [1.54, 1.807) is 24.9 Å². The number of nitrogens with zero attached hydrogens (tertiary/aromatic N) is 2. The molecule has 8 heteroatoms. The van der Waals surface area contributed by atoms with Gasteiger partial charge in [0.1, 0.15) is 5.82 Å². The number of ether oxygens (including phenoxy) is 1. The fraction of sp³-hybridized carbons (Fsp3) is 0.611. The number of morpholine rings is 1. The van der Waals surface area contributed by atoms with E-state index in [0.29, 0.717) is 25.4 Å². The van der Waals surface area contributed by atoms with Crippen LogP contribution < -0.4 is 15.5 Å². The predicted molar refractivity (Wildman–Crippen MR) is 121 cm³/mol. The maximum atomic E-state index is 14.4. The van der Waals surface area contributed by atoms with Crippen molar-refractivity contribution in [1.29, 1.82) is 0 Å². The summed E-state index contributed by atoms with van der Waals surface area (Å²) in [5.74, 6) is 0.535. The molecule has 1 aliphatic heterocycles. The van der Waals surface area contributed by atoms with Gasteiger partial charge in [0.05, 0.1) is 18.9 Å². The van der Waals surface area contributed by atoms with E-state index in [1.807, 2.05) is 17.0 Å². The molecule has 1 aromatic carbocycles. The van der Waals surface area contributed by atoms with Gasteiger partial charge in [-0.25, -0.2) is 4.39 Å². The number of nitrogens with one attached hydrogen (secondary N) is 2. The average Bonchev–Trinajstić information content (AvgIpc) is 2.62. The summed E-state index contributed by atoms with van der Waals surface area (Å²) in [5.41, 5.74) is 1.54. The van der Waals surface area contributed by atoms with Gasteiger partial charge in [0.15, 0.2) is 5.96 Å². The van der Waals surface area contributed by atoms with Gasteiger partial charge in [-0.3, -0.25) is 4.99 Å². The fourth-order valence-corrected chi connectivity index (χ4v) is 2.71. The van der Waals surface area contributed by atoms with Crippen LogP contribution in [0.25, 0.3) is 0 Å². The Morgan fingerprint density at radius 2 is 2.00 bits per heavy atom. The Morgan fingerprint density at radius 1 is 1.31 bits per heavy atom. The standard InChI is InChI=1S/C18H29FN4OS.HI/c1-18(2,25-4)13-22-17(20-3)21-12-14-5-6-16(15(19)11-14)23-7-9-24-10-8-23;/h5-6,11H,7-10,12-13H2,1-4H3,(H2,20,21,22);1H. The molecule has 1 aliphatic rings. The second kappa shape index (κ2) is 11.2. The molecule has 1 saturated heterocycles. The van der Waals surface area contributed by atoms with Crippen LogP contribution in [-0.4, -0.2) is 56.9 Å². The van der Waals surface area contributed by atoms with Crippen molar-refractivity contribution < 1.29 is 9.13 Å². The van der Waals surface area contributed by atoms with Crippen molar-refractivity contribution in [3.63, 3.8) is 0 Å². The highest BCUT2D eigenvalue weighted by atomic mass is 127. The summed E-state index contributed by atoms with van der Waals surface area (Å²) in [6, 6.07) is 5.40. The van der Waals surface area contributed by atoms with Crippen molar-refractivity contribution in [3.8, 4) is 0 Å². The lowest BCUT2D eigenvalue weighted by atomic mass is 10.1. The van der Waals surface area contributed by atoms with Crippen LogP contribution in [0.2, 0.25) is 0 Å². The Bertz CT molecular complexity index is 595. The van der Waals surface area contributed by atoms with Gasteiger partial charge in [0, 0.05) is 38.0 Å². The molecule has 0 amide bonds. The largest absolute Gasteiger partial charge is 0.378 e. The van der Waals surface area contributed by atoms with Gasteiger partial charge in [-0.1, -0.05) is 6.07 Å². The van der Waals surface area contributed by atoms with Gasteiger partial charge in [0.25, 0.3) is 0 Å². The van der Waals surface area contributed by atoms with Crippen molar-refractivity contribution in [1.82, 2.24) is 10.6 Å². The molecule has 0 aromatic heterocycles. The molecule has 26 heavy (non-hydrogen) atoms. The smallest absolute Gasteiger partial charge is 0.191 e. The van der Waals surface area contributed by atoms with Crippen LogP contribution in [0.4, 0.5) is 10.1 Å². The van der Waals surface area contributed by atoms with E-state index in [-0.39, 0.29) is 34.5 Å². The lowest BCUT2D eigenvalue weighted by Gasteiger charge is -2.29. The summed E-state index contributed by atoms with van der Waals surface area (Å²) in [5, 5.41) is 6.55. The Balaban J connectivity index is 0.00000338. The van der Waals surface area contributed by atoms with Gasteiger partial charge < -0.3 is 20.3 Å². The zero-order valence-corrected chi connectivity index (χ0v) is 19.1. The molecule has 2 rings (SSSR count). The van der Waals surface area contributed by atoms with Crippen molar-refractivity contribution in [2.45, 2.75) is 25.1 Å². The zero-order chi connectivity index (χ0) is 18.3. The molecule has 0 atom stereocenters. The molecule has 1 fully saturated rings. The first-order valence-corrected chi connectivity index (χ1v) is 9.78. The Hall–Kier alpha value is -0.740. The third-order valence-corrected chi connectivity index (χ3v) is 5.53. The monoisotopic (exact) mass is 496 g/mol. The Morgan fingerprint density at radius 3 is 2.58 bits per heavy atom. The molecular weight excluding hydrogens is 466 g/mol. The fourth-order valence-electron chi connectivity index (χ4n) is 2.50.